The first-order chi connectivity index (χ1) is 14.4. The fourth-order valence-corrected chi connectivity index (χ4v) is 4.59. The van der Waals surface area contributed by atoms with Crippen LogP contribution in [-0.2, 0) is 16.0 Å². The lowest BCUT2D eigenvalue weighted by molar-refractivity contribution is 0.0398. The summed E-state index contributed by atoms with van der Waals surface area (Å²) in [6.07, 6.45) is 7.01. The number of hydrogen-bond acceptors (Lipinski definition) is 4. The minimum Gasteiger partial charge on any atom is -0.449 e. The lowest BCUT2D eigenvalue weighted by atomic mass is 9.87. The summed E-state index contributed by atoms with van der Waals surface area (Å²) in [4.78, 5) is 28.7. The molecule has 0 bridgehead atoms. The Bertz CT molecular complexity index is 752. The highest BCUT2D eigenvalue weighted by Crippen LogP contribution is 2.26. The molecule has 8 nitrogen and oxygen atoms in total. The van der Waals surface area contributed by atoms with E-state index in [0.29, 0.717) is 43.4 Å². The lowest BCUT2D eigenvalue weighted by Crippen LogP contribution is -2.55. The van der Waals surface area contributed by atoms with E-state index in [1.165, 1.54) is 32.1 Å². The molecule has 1 aliphatic carbocycles. The molecule has 9 heteroatoms. The number of amides is 2. The van der Waals surface area contributed by atoms with Gasteiger partial charge < -0.3 is 14.5 Å². The van der Waals surface area contributed by atoms with Gasteiger partial charge >= 0.3 is 6.09 Å². The molecule has 2 N–H and O–H groups in total. The zero-order valence-electron chi connectivity index (χ0n) is 17.4. The van der Waals surface area contributed by atoms with Gasteiger partial charge in [0, 0.05) is 36.9 Å². The number of benzene rings is 1. The maximum Gasteiger partial charge on any atom is 0.409 e. The Morgan fingerprint density at radius 1 is 1.17 bits per heavy atom. The van der Waals surface area contributed by atoms with Crippen LogP contribution in [0, 0.1) is 5.92 Å². The van der Waals surface area contributed by atoms with Gasteiger partial charge in [-0.05, 0) is 43.5 Å². The van der Waals surface area contributed by atoms with Gasteiger partial charge in [0.15, 0.2) is 0 Å². The fourth-order valence-electron chi connectivity index (χ4n) is 4.25. The van der Waals surface area contributed by atoms with Crippen LogP contribution in [0.4, 0.5) is 10.5 Å². The minimum atomic E-state index is -2.15. The van der Waals surface area contributed by atoms with Gasteiger partial charge in [0.2, 0.25) is 0 Å². The summed E-state index contributed by atoms with van der Waals surface area (Å²) in [7, 11) is 0. The molecule has 3 rings (SSSR count). The normalized spacial score (nSPS) is 21.2. The van der Waals surface area contributed by atoms with Crippen LogP contribution in [0.3, 0.4) is 0 Å². The first kappa shape index (κ1) is 22.6. The quantitative estimate of drug-likeness (QED) is 0.664. The zero-order valence-corrected chi connectivity index (χ0v) is 18.2. The number of carbonyl (C=O) groups excluding carboxylic acids is 2. The summed E-state index contributed by atoms with van der Waals surface area (Å²) in [5.74, 6) is 0.559. The van der Waals surface area contributed by atoms with Crippen molar-refractivity contribution in [2.75, 3.05) is 31.0 Å². The Kier molecular flexibility index (Phi) is 8.09. The van der Waals surface area contributed by atoms with Crippen molar-refractivity contribution in [2.45, 2.75) is 51.5 Å². The number of rotatable bonds is 6. The van der Waals surface area contributed by atoms with Gasteiger partial charge in [0.25, 0.3) is 17.2 Å². The number of nitrogens with one attached hydrogen (secondary N) is 1. The maximum absolute atomic E-state index is 12.8. The van der Waals surface area contributed by atoms with Crippen LogP contribution in [-0.4, -0.2) is 62.8 Å². The van der Waals surface area contributed by atoms with Crippen molar-refractivity contribution in [2.24, 2.45) is 5.92 Å². The molecule has 0 spiro atoms. The van der Waals surface area contributed by atoms with E-state index in [1.54, 1.807) is 34.1 Å². The van der Waals surface area contributed by atoms with E-state index in [9.17, 15) is 13.8 Å². The third-order valence-corrected chi connectivity index (χ3v) is 6.37. The van der Waals surface area contributed by atoms with Gasteiger partial charge in [-0.1, -0.05) is 32.1 Å². The van der Waals surface area contributed by atoms with Gasteiger partial charge in [-0.2, -0.15) is 0 Å². The lowest BCUT2D eigenvalue weighted by Gasteiger charge is -2.39. The van der Waals surface area contributed by atoms with Crippen molar-refractivity contribution >= 4 is 29.0 Å². The van der Waals surface area contributed by atoms with E-state index in [0.717, 1.165) is 6.42 Å². The number of anilines is 1. The van der Waals surface area contributed by atoms with E-state index in [2.05, 4.69) is 4.72 Å². The number of carbonyl (C=O) groups is 2. The molecular weight excluding hydrogens is 406 g/mol. The molecule has 30 heavy (non-hydrogen) atoms. The van der Waals surface area contributed by atoms with Gasteiger partial charge in [0.05, 0.1) is 6.61 Å². The first-order valence-electron chi connectivity index (χ1n) is 10.6. The average Bonchev–Trinajstić information content (AvgIpc) is 2.74. The van der Waals surface area contributed by atoms with Crippen LogP contribution >= 0.6 is 0 Å². The molecule has 2 amide bonds. The Morgan fingerprint density at radius 2 is 1.87 bits per heavy atom. The Labute approximate surface area is 180 Å². The van der Waals surface area contributed by atoms with Crippen molar-refractivity contribution in [1.82, 2.24) is 9.80 Å². The molecule has 1 heterocycles. The van der Waals surface area contributed by atoms with Crippen molar-refractivity contribution in [1.29, 1.82) is 0 Å². The van der Waals surface area contributed by atoms with Gasteiger partial charge in [0.1, 0.15) is 0 Å². The molecule has 1 aliphatic heterocycles. The van der Waals surface area contributed by atoms with E-state index < -0.39 is 11.3 Å². The molecule has 1 aromatic rings. The zero-order chi connectivity index (χ0) is 21.5. The summed E-state index contributed by atoms with van der Waals surface area (Å²) >= 11 is -2.15. The average molecular weight is 438 g/mol. The number of piperazine rings is 1. The molecule has 1 saturated carbocycles. The van der Waals surface area contributed by atoms with Crippen LogP contribution in [0.15, 0.2) is 24.3 Å². The van der Waals surface area contributed by atoms with E-state index in [1.807, 2.05) is 6.92 Å². The summed E-state index contributed by atoms with van der Waals surface area (Å²) in [5.41, 5.74) is 0.959. The van der Waals surface area contributed by atoms with Crippen molar-refractivity contribution in [3.05, 3.63) is 29.8 Å². The van der Waals surface area contributed by atoms with E-state index >= 15 is 0 Å². The fraction of sp³-hybridized carbons (Fsp3) is 0.619. The molecule has 2 aliphatic rings. The molecule has 2 atom stereocenters. The molecule has 1 unspecified atom stereocenters. The predicted octanol–water partition coefficient (Wildman–Crippen LogP) is 3.49. The molecule has 0 aromatic heterocycles. The second-order valence-corrected chi connectivity index (χ2v) is 8.83. The molecule has 1 saturated heterocycles. The summed E-state index contributed by atoms with van der Waals surface area (Å²) < 4.78 is 27.5. The molecule has 166 valence electrons. The van der Waals surface area contributed by atoms with Crippen LogP contribution in [0.5, 0.6) is 0 Å². The summed E-state index contributed by atoms with van der Waals surface area (Å²) in [5, 5.41) is 0. The highest BCUT2D eigenvalue weighted by molar-refractivity contribution is 7.80. The van der Waals surface area contributed by atoms with Crippen LogP contribution in [0.25, 0.3) is 0 Å². The predicted molar refractivity (Wildman–Crippen MR) is 115 cm³/mol. The Balaban J connectivity index is 1.46. The third-order valence-electron chi connectivity index (χ3n) is 5.96. The van der Waals surface area contributed by atoms with Crippen molar-refractivity contribution in [3.63, 3.8) is 0 Å². The molecule has 0 radical (unpaired) electrons. The highest BCUT2D eigenvalue weighted by Gasteiger charge is 2.31. The minimum absolute atomic E-state index is 0.121. The molecule has 1 aromatic carbocycles. The highest BCUT2D eigenvalue weighted by atomic mass is 32.2. The SMILES string of the molecule is C[C@@H]1CN(C(=O)OCCC2CCCCC2)CCN1C(=O)c1ccc(NS(=O)O)cc1. The largest absolute Gasteiger partial charge is 0.449 e. The Hall–Kier alpha value is -2.13. The summed E-state index contributed by atoms with van der Waals surface area (Å²) in [6, 6.07) is 6.30. The standard InChI is InChI=1S/C21H31N3O5S/c1-16-15-23(21(26)29-14-11-17-5-3-2-4-6-17)12-13-24(16)20(25)18-7-9-19(10-8-18)22-30(27)28/h7-10,16-17,22H,2-6,11-15H2,1H3,(H,27,28)/t16-/m1/s1. The van der Waals surface area contributed by atoms with Gasteiger partial charge in [-0.3, -0.25) is 14.1 Å². The number of nitrogens with zero attached hydrogens (tertiary/aromatic N) is 2. The number of hydrogen-bond donors (Lipinski definition) is 2. The van der Waals surface area contributed by atoms with Gasteiger partial charge in [-0.25, -0.2) is 9.00 Å². The second-order valence-electron chi connectivity index (χ2n) is 8.13. The maximum atomic E-state index is 12.8. The first-order valence-corrected chi connectivity index (χ1v) is 11.7. The monoisotopic (exact) mass is 437 g/mol. The van der Waals surface area contributed by atoms with Crippen LogP contribution in [0.1, 0.15) is 55.8 Å². The third kappa shape index (κ3) is 6.18. The topological polar surface area (TPSA) is 99.2 Å². The number of ether oxygens (including phenoxy) is 1. The van der Waals surface area contributed by atoms with Crippen LogP contribution in [0.2, 0.25) is 0 Å². The van der Waals surface area contributed by atoms with Gasteiger partial charge in [-0.15, -0.1) is 0 Å². The smallest absolute Gasteiger partial charge is 0.409 e. The van der Waals surface area contributed by atoms with Crippen molar-refractivity contribution in [3.8, 4) is 0 Å². The van der Waals surface area contributed by atoms with E-state index in [4.69, 9.17) is 9.29 Å². The summed E-state index contributed by atoms with van der Waals surface area (Å²) in [6.45, 7) is 3.72. The van der Waals surface area contributed by atoms with Crippen LogP contribution < -0.4 is 4.72 Å². The Morgan fingerprint density at radius 3 is 2.50 bits per heavy atom. The molecule has 2 fully saturated rings. The van der Waals surface area contributed by atoms with Crippen molar-refractivity contribution < 1.29 is 23.1 Å². The second kappa shape index (κ2) is 10.8. The van der Waals surface area contributed by atoms with E-state index in [-0.39, 0.29) is 18.0 Å². The molecular formula is C21H31N3O5S.